The van der Waals surface area contributed by atoms with Crippen molar-refractivity contribution in [1.82, 2.24) is 5.43 Å². The molecule has 0 aliphatic heterocycles. The summed E-state index contributed by atoms with van der Waals surface area (Å²) in [6, 6.07) is 9.20. The minimum absolute atomic E-state index is 0.192. The Balaban J connectivity index is 2.78. The molecule has 3 N–H and O–H groups in total. The lowest BCUT2D eigenvalue weighted by Crippen LogP contribution is -2.37. The number of hydrazine groups is 1. The van der Waals surface area contributed by atoms with Crippen molar-refractivity contribution < 1.29 is 14.3 Å². The topological polar surface area (TPSA) is 73.6 Å². The van der Waals surface area contributed by atoms with Gasteiger partial charge in [-0.15, -0.1) is 0 Å². The summed E-state index contributed by atoms with van der Waals surface area (Å²) < 4.78 is 10.6. The van der Waals surface area contributed by atoms with Crippen molar-refractivity contribution in [2.24, 2.45) is 5.84 Å². The number of carbonyl (C=O) groups excluding carboxylic acids is 1. The minimum Gasteiger partial charge on any atom is -0.382 e. The van der Waals surface area contributed by atoms with Gasteiger partial charge in [0.1, 0.15) is 0 Å². The molecule has 0 spiro atoms. The molecule has 0 aromatic heterocycles. The molecule has 0 radical (unpaired) electrons. The first-order valence-electron chi connectivity index (χ1n) is 5.38. The highest BCUT2D eigenvalue weighted by Crippen LogP contribution is 2.19. The Hall–Kier alpha value is -1.43. The number of nitrogens with one attached hydrogen (secondary N) is 1. The monoisotopic (exact) mass is 238 g/mol. The van der Waals surface area contributed by atoms with Crippen LogP contribution in [0.25, 0.3) is 0 Å². The lowest BCUT2D eigenvalue weighted by atomic mass is 10.1. The molecule has 2 unspecified atom stereocenters. The standard InChI is InChI=1S/C12H18N2O3/c1-9(8-16-2)17-11(12(15)14-13)10-6-4-3-5-7-10/h3-7,9,11H,8,13H2,1-2H3,(H,14,15). The Labute approximate surface area is 101 Å². The summed E-state index contributed by atoms with van der Waals surface area (Å²) in [5, 5.41) is 0. The predicted octanol–water partition coefficient (Wildman–Crippen LogP) is 0.769. The van der Waals surface area contributed by atoms with Crippen LogP contribution in [0.3, 0.4) is 0 Å². The maximum Gasteiger partial charge on any atom is 0.267 e. The average molecular weight is 238 g/mol. The quantitative estimate of drug-likeness (QED) is 0.436. The SMILES string of the molecule is COCC(C)OC(C(=O)NN)c1ccccc1. The second kappa shape index (κ2) is 7.01. The van der Waals surface area contributed by atoms with Crippen LogP contribution in [0.15, 0.2) is 30.3 Å². The van der Waals surface area contributed by atoms with Crippen LogP contribution in [0.5, 0.6) is 0 Å². The van der Waals surface area contributed by atoms with E-state index in [1.54, 1.807) is 7.11 Å². The molecule has 0 aliphatic carbocycles. The molecule has 0 bridgehead atoms. The molecule has 17 heavy (non-hydrogen) atoms. The number of carbonyl (C=O) groups is 1. The number of hydrogen-bond donors (Lipinski definition) is 2. The van der Waals surface area contributed by atoms with E-state index in [1.807, 2.05) is 37.3 Å². The van der Waals surface area contributed by atoms with Crippen molar-refractivity contribution in [3.63, 3.8) is 0 Å². The summed E-state index contributed by atoms with van der Waals surface area (Å²) in [5.41, 5.74) is 2.87. The molecular weight excluding hydrogens is 220 g/mol. The molecule has 5 nitrogen and oxygen atoms in total. The van der Waals surface area contributed by atoms with E-state index in [-0.39, 0.29) is 12.0 Å². The maximum atomic E-state index is 11.7. The Morgan fingerprint density at radius 3 is 2.59 bits per heavy atom. The van der Waals surface area contributed by atoms with Crippen molar-refractivity contribution in [2.45, 2.75) is 19.1 Å². The molecule has 0 fully saturated rings. The highest BCUT2D eigenvalue weighted by Gasteiger charge is 2.22. The zero-order valence-corrected chi connectivity index (χ0v) is 10.1. The normalized spacial score (nSPS) is 14.1. The number of methoxy groups -OCH3 is 1. The van der Waals surface area contributed by atoms with Gasteiger partial charge in [-0.25, -0.2) is 5.84 Å². The summed E-state index contributed by atoms with van der Waals surface area (Å²) in [6.07, 6.45) is -0.908. The van der Waals surface area contributed by atoms with E-state index in [4.69, 9.17) is 15.3 Å². The largest absolute Gasteiger partial charge is 0.382 e. The third-order valence-electron chi connectivity index (χ3n) is 2.25. The lowest BCUT2D eigenvalue weighted by molar-refractivity contribution is -0.138. The van der Waals surface area contributed by atoms with E-state index in [1.165, 1.54) is 0 Å². The highest BCUT2D eigenvalue weighted by atomic mass is 16.5. The van der Waals surface area contributed by atoms with Crippen LogP contribution in [-0.2, 0) is 14.3 Å². The predicted molar refractivity (Wildman–Crippen MR) is 63.9 cm³/mol. The fourth-order valence-electron chi connectivity index (χ4n) is 1.50. The van der Waals surface area contributed by atoms with Crippen molar-refractivity contribution in [3.8, 4) is 0 Å². The molecule has 1 rings (SSSR count). The summed E-state index contributed by atoms with van der Waals surface area (Å²) in [4.78, 5) is 11.7. The van der Waals surface area contributed by atoms with Gasteiger partial charge in [0, 0.05) is 7.11 Å². The molecule has 2 atom stereocenters. The molecule has 1 aromatic rings. The second-order valence-corrected chi connectivity index (χ2v) is 3.70. The van der Waals surface area contributed by atoms with Crippen molar-refractivity contribution in [2.75, 3.05) is 13.7 Å². The lowest BCUT2D eigenvalue weighted by Gasteiger charge is -2.21. The molecule has 0 heterocycles. The first-order chi connectivity index (χ1) is 8.19. The van der Waals surface area contributed by atoms with E-state index in [2.05, 4.69) is 5.43 Å². The van der Waals surface area contributed by atoms with Gasteiger partial charge in [-0.3, -0.25) is 10.2 Å². The fraction of sp³-hybridized carbons (Fsp3) is 0.417. The van der Waals surface area contributed by atoms with Gasteiger partial charge in [-0.1, -0.05) is 30.3 Å². The number of nitrogens with two attached hydrogens (primary N) is 1. The highest BCUT2D eigenvalue weighted by molar-refractivity contribution is 5.81. The number of amides is 1. The first kappa shape index (κ1) is 13.6. The van der Waals surface area contributed by atoms with Crippen LogP contribution in [0.2, 0.25) is 0 Å². The summed E-state index contributed by atoms with van der Waals surface area (Å²) >= 11 is 0. The van der Waals surface area contributed by atoms with Crippen LogP contribution in [0.4, 0.5) is 0 Å². The van der Waals surface area contributed by atoms with E-state index in [0.29, 0.717) is 6.61 Å². The molecule has 0 aliphatic rings. The van der Waals surface area contributed by atoms with Gasteiger partial charge < -0.3 is 9.47 Å². The number of benzene rings is 1. The van der Waals surface area contributed by atoms with Gasteiger partial charge in [0.05, 0.1) is 12.7 Å². The van der Waals surface area contributed by atoms with Crippen LogP contribution >= 0.6 is 0 Å². The van der Waals surface area contributed by atoms with Crippen molar-refractivity contribution >= 4 is 5.91 Å². The molecule has 0 saturated carbocycles. The van der Waals surface area contributed by atoms with Gasteiger partial charge in [-0.2, -0.15) is 0 Å². The zero-order chi connectivity index (χ0) is 12.7. The van der Waals surface area contributed by atoms with Crippen LogP contribution in [0, 0.1) is 0 Å². The molecule has 1 amide bonds. The van der Waals surface area contributed by atoms with Gasteiger partial charge >= 0.3 is 0 Å². The molecule has 5 heteroatoms. The van der Waals surface area contributed by atoms with E-state index >= 15 is 0 Å². The van der Waals surface area contributed by atoms with Crippen molar-refractivity contribution in [3.05, 3.63) is 35.9 Å². The summed E-state index contributed by atoms with van der Waals surface area (Å²) in [5.74, 6) is 4.77. The fourth-order valence-corrected chi connectivity index (χ4v) is 1.50. The Bertz CT molecular complexity index is 343. The zero-order valence-electron chi connectivity index (χ0n) is 10.1. The number of rotatable bonds is 6. The minimum atomic E-state index is -0.716. The molecular formula is C12H18N2O3. The van der Waals surface area contributed by atoms with Crippen LogP contribution in [-0.4, -0.2) is 25.7 Å². The Morgan fingerprint density at radius 2 is 2.06 bits per heavy atom. The smallest absolute Gasteiger partial charge is 0.267 e. The van der Waals surface area contributed by atoms with E-state index in [9.17, 15) is 4.79 Å². The van der Waals surface area contributed by atoms with Gasteiger partial charge in [0.15, 0.2) is 6.10 Å². The Morgan fingerprint density at radius 1 is 1.41 bits per heavy atom. The first-order valence-corrected chi connectivity index (χ1v) is 5.38. The third kappa shape index (κ3) is 4.14. The van der Waals surface area contributed by atoms with Crippen LogP contribution in [0.1, 0.15) is 18.6 Å². The maximum absolute atomic E-state index is 11.7. The van der Waals surface area contributed by atoms with Crippen molar-refractivity contribution in [1.29, 1.82) is 0 Å². The number of ether oxygens (including phenoxy) is 2. The van der Waals surface area contributed by atoms with E-state index < -0.39 is 6.10 Å². The molecule has 94 valence electrons. The number of hydrogen-bond acceptors (Lipinski definition) is 4. The van der Waals surface area contributed by atoms with Gasteiger partial charge in [-0.05, 0) is 12.5 Å². The summed E-state index contributed by atoms with van der Waals surface area (Å²) in [6.45, 7) is 2.25. The van der Waals surface area contributed by atoms with Gasteiger partial charge in [0.2, 0.25) is 0 Å². The second-order valence-electron chi connectivity index (χ2n) is 3.70. The van der Waals surface area contributed by atoms with Gasteiger partial charge in [0.25, 0.3) is 5.91 Å². The summed E-state index contributed by atoms with van der Waals surface area (Å²) in [7, 11) is 1.58. The molecule has 1 aromatic carbocycles. The Kier molecular flexibility index (Phi) is 5.62. The third-order valence-corrected chi connectivity index (χ3v) is 2.25. The average Bonchev–Trinajstić information content (AvgIpc) is 2.36. The molecule has 0 saturated heterocycles. The van der Waals surface area contributed by atoms with Crippen LogP contribution < -0.4 is 11.3 Å². The van der Waals surface area contributed by atoms with E-state index in [0.717, 1.165) is 5.56 Å².